The maximum atomic E-state index is 12.3. The van der Waals surface area contributed by atoms with Crippen molar-refractivity contribution in [3.05, 3.63) is 64.7 Å². The molecule has 1 aliphatic heterocycles. The zero-order valence-electron chi connectivity index (χ0n) is 11.6. The molecule has 0 aromatic heterocycles. The summed E-state index contributed by atoms with van der Waals surface area (Å²) in [7, 11) is 0. The second-order valence-corrected chi connectivity index (χ2v) is 5.63. The van der Waals surface area contributed by atoms with Crippen LogP contribution in [0.2, 0.25) is 5.02 Å². The van der Waals surface area contributed by atoms with Gasteiger partial charge in [-0.1, -0.05) is 29.8 Å². The van der Waals surface area contributed by atoms with E-state index in [4.69, 9.17) is 16.9 Å². The third-order valence-electron chi connectivity index (χ3n) is 3.77. The van der Waals surface area contributed by atoms with E-state index in [-0.39, 0.29) is 11.9 Å². The third kappa shape index (κ3) is 2.57. The number of nitrogens with zero attached hydrogens (tertiary/aromatic N) is 2. The minimum absolute atomic E-state index is 0.296. The van der Waals surface area contributed by atoms with E-state index in [1.165, 1.54) is 4.90 Å². The Morgan fingerprint density at radius 2 is 2.00 bits per heavy atom. The van der Waals surface area contributed by atoms with Crippen molar-refractivity contribution in [2.75, 3.05) is 4.90 Å². The summed E-state index contributed by atoms with van der Waals surface area (Å²) in [6.45, 7) is 0. The van der Waals surface area contributed by atoms with Gasteiger partial charge in [0.15, 0.2) is 0 Å². The number of benzene rings is 2. The lowest BCUT2D eigenvalue weighted by molar-refractivity contribution is -0.124. The lowest BCUT2D eigenvalue weighted by Crippen LogP contribution is -2.30. The molecule has 5 heteroatoms. The topological polar surface area (TPSA) is 64.3 Å². The molecular weight excluding hydrogens is 300 g/mol. The molecule has 22 heavy (non-hydrogen) atoms. The Morgan fingerprint density at radius 3 is 2.73 bits per heavy atom. The van der Waals surface area contributed by atoms with Gasteiger partial charge >= 0.3 is 0 Å². The highest BCUT2D eigenvalue weighted by molar-refractivity contribution is 6.30. The van der Waals surface area contributed by atoms with Gasteiger partial charge in [-0.3, -0.25) is 4.79 Å². The van der Waals surface area contributed by atoms with E-state index in [0.29, 0.717) is 22.7 Å². The van der Waals surface area contributed by atoms with Crippen LogP contribution in [-0.2, 0) is 4.79 Å². The zero-order valence-corrected chi connectivity index (χ0v) is 12.4. The fourth-order valence-corrected chi connectivity index (χ4v) is 2.96. The summed E-state index contributed by atoms with van der Waals surface area (Å²) < 4.78 is 0. The number of aliphatic hydroxyl groups excluding tert-OH is 1. The van der Waals surface area contributed by atoms with E-state index in [1.807, 2.05) is 12.1 Å². The summed E-state index contributed by atoms with van der Waals surface area (Å²) in [5.74, 6) is -0.361. The van der Waals surface area contributed by atoms with Crippen molar-refractivity contribution in [2.24, 2.45) is 0 Å². The van der Waals surface area contributed by atoms with E-state index < -0.39 is 6.10 Å². The maximum Gasteiger partial charge on any atom is 0.256 e. The van der Waals surface area contributed by atoms with Crippen molar-refractivity contribution in [3.63, 3.8) is 0 Å². The van der Waals surface area contributed by atoms with Gasteiger partial charge in [0.1, 0.15) is 6.10 Å². The van der Waals surface area contributed by atoms with Crippen LogP contribution >= 0.6 is 11.6 Å². The Bertz CT molecular complexity index is 769. The van der Waals surface area contributed by atoms with Crippen LogP contribution in [0, 0.1) is 11.3 Å². The van der Waals surface area contributed by atoms with Gasteiger partial charge in [-0.2, -0.15) is 5.26 Å². The van der Waals surface area contributed by atoms with Gasteiger partial charge < -0.3 is 10.0 Å². The van der Waals surface area contributed by atoms with Crippen molar-refractivity contribution in [3.8, 4) is 6.07 Å². The molecule has 4 nitrogen and oxygen atoms in total. The van der Waals surface area contributed by atoms with Crippen molar-refractivity contribution in [1.82, 2.24) is 0 Å². The van der Waals surface area contributed by atoms with Crippen molar-refractivity contribution < 1.29 is 9.90 Å². The van der Waals surface area contributed by atoms with Crippen molar-refractivity contribution in [2.45, 2.75) is 18.6 Å². The highest BCUT2D eigenvalue weighted by Gasteiger charge is 2.40. The van der Waals surface area contributed by atoms with E-state index in [9.17, 15) is 9.90 Å². The number of halogens is 1. The summed E-state index contributed by atoms with van der Waals surface area (Å²) in [6.07, 6.45) is -0.745. The van der Waals surface area contributed by atoms with E-state index in [1.54, 1.807) is 36.4 Å². The van der Waals surface area contributed by atoms with Gasteiger partial charge in [0.05, 0.1) is 17.7 Å². The first-order valence-corrected chi connectivity index (χ1v) is 7.24. The Kier molecular flexibility index (Phi) is 3.84. The van der Waals surface area contributed by atoms with Gasteiger partial charge in [-0.15, -0.1) is 0 Å². The lowest BCUT2D eigenvalue weighted by Gasteiger charge is -2.25. The highest BCUT2D eigenvalue weighted by atomic mass is 35.5. The summed E-state index contributed by atoms with van der Waals surface area (Å²) in [5.41, 5.74) is 1.93. The number of carbonyl (C=O) groups excluding carboxylic acids is 1. The van der Waals surface area contributed by atoms with E-state index in [2.05, 4.69) is 6.07 Å². The Morgan fingerprint density at radius 1 is 1.23 bits per heavy atom. The number of aliphatic hydroxyl groups is 1. The fourth-order valence-electron chi connectivity index (χ4n) is 2.76. The normalized spacial score (nSPS) is 21.0. The quantitative estimate of drug-likeness (QED) is 0.927. The van der Waals surface area contributed by atoms with Crippen LogP contribution in [0.1, 0.15) is 23.6 Å². The lowest BCUT2D eigenvalue weighted by atomic mass is 10.0. The minimum atomic E-state index is -1.05. The molecule has 0 saturated carbocycles. The average Bonchev–Trinajstić information content (AvgIpc) is 2.83. The molecule has 1 heterocycles. The SMILES string of the molecule is N#Cc1cccc(N2C(=O)C(O)CC2c2cccc(Cl)c2)c1. The minimum Gasteiger partial charge on any atom is -0.383 e. The molecule has 0 spiro atoms. The largest absolute Gasteiger partial charge is 0.383 e. The van der Waals surface area contributed by atoms with Crippen molar-refractivity contribution >= 4 is 23.2 Å². The fraction of sp³-hybridized carbons (Fsp3) is 0.176. The zero-order chi connectivity index (χ0) is 15.7. The first-order valence-electron chi connectivity index (χ1n) is 6.87. The molecule has 3 rings (SSSR count). The number of amides is 1. The molecule has 2 unspecified atom stereocenters. The van der Waals surface area contributed by atoms with Gasteiger partial charge in [-0.05, 0) is 35.9 Å². The molecule has 2 aromatic carbocycles. The molecule has 0 radical (unpaired) electrons. The Labute approximate surface area is 133 Å². The summed E-state index contributed by atoms with van der Waals surface area (Å²) >= 11 is 6.03. The monoisotopic (exact) mass is 312 g/mol. The van der Waals surface area contributed by atoms with Crippen LogP contribution in [0.4, 0.5) is 5.69 Å². The second kappa shape index (κ2) is 5.80. The van der Waals surface area contributed by atoms with Crippen LogP contribution in [0.3, 0.4) is 0 Å². The van der Waals surface area contributed by atoms with E-state index >= 15 is 0 Å². The van der Waals surface area contributed by atoms with Crippen molar-refractivity contribution in [1.29, 1.82) is 5.26 Å². The molecule has 1 saturated heterocycles. The van der Waals surface area contributed by atoms with Crippen LogP contribution in [0.15, 0.2) is 48.5 Å². The third-order valence-corrected chi connectivity index (χ3v) is 4.00. The molecule has 1 fully saturated rings. The predicted octanol–water partition coefficient (Wildman–Crippen LogP) is 3.05. The van der Waals surface area contributed by atoms with E-state index in [0.717, 1.165) is 5.56 Å². The first kappa shape index (κ1) is 14.6. The van der Waals surface area contributed by atoms with Gasteiger partial charge in [-0.25, -0.2) is 0 Å². The molecule has 2 atom stereocenters. The standard InChI is InChI=1S/C17H13ClN2O2/c18-13-5-2-4-12(8-13)15-9-16(21)17(22)20(15)14-6-1-3-11(7-14)10-19/h1-8,15-16,21H,9H2. The number of rotatable bonds is 2. The predicted molar refractivity (Wildman–Crippen MR) is 83.5 cm³/mol. The number of nitriles is 1. The molecule has 0 aliphatic carbocycles. The molecule has 1 aliphatic rings. The van der Waals surface area contributed by atoms with Crippen LogP contribution in [0.25, 0.3) is 0 Å². The van der Waals surface area contributed by atoms with Gasteiger partial charge in [0.25, 0.3) is 5.91 Å². The highest BCUT2D eigenvalue weighted by Crippen LogP contribution is 2.38. The number of carbonyl (C=O) groups is 1. The summed E-state index contributed by atoms with van der Waals surface area (Å²) in [5, 5.41) is 19.6. The molecule has 1 N–H and O–H groups in total. The average molecular weight is 313 g/mol. The first-order chi connectivity index (χ1) is 10.6. The second-order valence-electron chi connectivity index (χ2n) is 5.19. The van der Waals surface area contributed by atoms with Gasteiger partial charge in [0.2, 0.25) is 0 Å². The Hall–Kier alpha value is -2.35. The smallest absolute Gasteiger partial charge is 0.256 e. The molecule has 1 amide bonds. The number of anilines is 1. The molecule has 110 valence electrons. The Balaban J connectivity index is 2.05. The summed E-state index contributed by atoms with van der Waals surface area (Å²) in [6, 6.07) is 15.8. The number of hydrogen-bond acceptors (Lipinski definition) is 3. The van der Waals surface area contributed by atoms with Crippen LogP contribution < -0.4 is 4.90 Å². The maximum absolute atomic E-state index is 12.3. The number of hydrogen-bond donors (Lipinski definition) is 1. The molecular formula is C17H13ClN2O2. The van der Waals surface area contributed by atoms with Gasteiger partial charge in [0, 0.05) is 17.1 Å². The molecule has 0 bridgehead atoms. The van der Waals surface area contributed by atoms with Crippen LogP contribution in [-0.4, -0.2) is 17.1 Å². The summed E-state index contributed by atoms with van der Waals surface area (Å²) in [4.78, 5) is 13.9. The molecule has 2 aromatic rings. The van der Waals surface area contributed by atoms with Crippen LogP contribution in [0.5, 0.6) is 0 Å².